The van der Waals surface area contributed by atoms with Gasteiger partial charge in [-0.15, -0.1) is 0 Å². The fourth-order valence-electron chi connectivity index (χ4n) is 5.45. The molecule has 0 spiro atoms. The average molecular weight is 605 g/mol. The Hall–Kier alpha value is -1.76. The van der Waals surface area contributed by atoms with E-state index in [1.54, 1.807) is 0 Å². The van der Waals surface area contributed by atoms with Gasteiger partial charge in [0.15, 0.2) is 12.4 Å². The maximum atomic E-state index is 13.0. The number of pyridine rings is 2. The summed E-state index contributed by atoms with van der Waals surface area (Å²) in [6.45, 7) is 1.57. The largest absolute Gasteiger partial charge is 0.342 e. The molecule has 0 bridgehead atoms. The van der Waals surface area contributed by atoms with Crippen molar-refractivity contribution in [2.24, 2.45) is 13.0 Å². The molecule has 1 saturated heterocycles. The van der Waals surface area contributed by atoms with Crippen molar-refractivity contribution >= 4 is 49.4 Å². The quantitative estimate of drug-likeness (QED) is 0.355. The number of piperidine rings is 1. The number of likely N-dealkylation sites (tertiary alicyclic amines) is 1. The molecule has 7 heteroatoms. The van der Waals surface area contributed by atoms with E-state index in [-0.39, 0.29) is 11.8 Å². The van der Waals surface area contributed by atoms with Crippen LogP contribution in [0.4, 0.5) is 0 Å². The molecule has 1 unspecified atom stereocenters. The smallest absolute Gasteiger partial charge is 0.226 e. The molecule has 2 aromatic heterocycles. The van der Waals surface area contributed by atoms with Gasteiger partial charge in [-0.2, -0.15) is 0 Å². The first-order valence-electron chi connectivity index (χ1n) is 11.7. The standard InChI is InChI=1S/C27H27Br2ClN3O/c1-32-8-4-17(5-9-32)12-24(34)33-10-6-18(7-11-33)26-25-19(14-22(30)15-23(25)29)2-3-20-13-21(28)16-31-27(20)26/h4-5,8-9,13-16,18,26H,2-3,6-7,10-12H2,1H3/q+1. The molecule has 34 heavy (non-hydrogen) atoms. The van der Waals surface area contributed by atoms with Crippen LogP contribution >= 0.6 is 43.5 Å². The number of amides is 1. The number of hydrogen-bond acceptors (Lipinski definition) is 2. The molecule has 1 aliphatic heterocycles. The SMILES string of the molecule is C[n+]1ccc(CC(=O)N2CCC(C3c4ncc(Br)cc4CCc4cc(Cl)cc(Br)c43)CC2)cc1. The molecule has 5 rings (SSSR count). The summed E-state index contributed by atoms with van der Waals surface area (Å²) in [4.78, 5) is 20.0. The number of hydrogen-bond donors (Lipinski definition) is 0. The lowest BCUT2D eigenvalue weighted by molar-refractivity contribution is -0.671. The third kappa shape index (κ3) is 4.95. The molecule has 3 heterocycles. The Kier molecular flexibility index (Phi) is 7.10. The van der Waals surface area contributed by atoms with Gasteiger partial charge in [-0.25, -0.2) is 4.57 Å². The minimum Gasteiger partial charge on any atom is -0.342 e. The molecule has 176 valence electrons. The highest BCUT2D eigenvalue weighted by Crippen LogP contribution is 2.46. The molecular weight excluding hydrogens is 578 g/mol. The van der Waals surface area contributed by atoms with E-state index >= 15 is 0 Å². The van der Waals surface area contributed by atoms with Crippen molar-refractivity contribution in [2.75, 3.05) is 13.1 Å². The van der Waals surface area contributed by atoms with Crippen molar-refractivity contribution in [3.8, 4) is 0 Å². The zero-order valence-corrected chi connectivity index (χ0v) is 23.0. The first kappa shape index (κ1) is 24.0. The van der Waals surface area contributed by atoms with Crippen molar-refractivity contribution in [3.05, 3.63) is 90.8 Å². The molecule has 1 fully saturated rings. The van der Waals surface area contributed by atoms with Crippen molar-refractivity contribution in [1.82, 2.24) is 9.88 Å². The van der Waals surface area contributed by atoms with Crippen LogP contribution in [0.15, 0.2) is 57.9 Å². The molecule has 0 saturated carbocycles. The first-order chi connectivity index (χ1) is 16.4. The van der Waals surface area contributed by atoms with Crippen LogP contribution in [0.1, 0.15) is 46.7 Å². The minimum atomic E-state index is 0.193. The second-order valence-electron chi connectivity index (χ2n) is 9.40. The van der Waals surface area contributed by atoms with Crippen LogP contribution in [0.25, 0.3) is 0 Å². The predicted molar refractivity (Wildman–Crippen MR) is 141 cm³/mol. The van der Waals surface area contributed by atoms with E-state index in [1.807, 2.05) is 53.3 Å². The number of rotatable bonds is 3. The number of fused-ring (bicyclic) bond motifs is 2. The molecule has 2 aliphatic rings. The Morgan fingerprint density at radius 3 is 2.56 bits per heavy atom. The Morgan fingerprint density at radius 1 is 1.12 bits per heavy atom. The Labute approximate surface area is 222 Å². The molecule has 1 aliphatic carbocycles. The number of halogens is 3. The fraction of sp³-hybridized carbons (Fsp3) is 0.370. The zero-order chi connectivity index (χ0) is 23.8. The number of aryl methyl sites for hydroxylation is 3. The lowest BCUT2D eigenvalue weighted by Gasteiger charge is -2.37. The average Bonchev–Trinajstić information content (AvgIpc) is 2.97. The summed E-state index contributed by atoms with van der Waals surface area (Å²) in [6, 6.07) is 10.4. The molecule has 3 aromatic rings. The van der Waals surface area contributed by atoms with Crippen LogP contribution in [0.3, 0.4) is 0 Å². The van der Waals surface area contributed by atoms with Gasteiger partial charge >= 0.3 is 0 Å². The van der Waals surface area contributed by atoms with Gasteiger partial charge in [-0.05, 0) is 88.0 Å². The van der Waals surface area contributed by atoms with Gasteiger partial charge in [0, 0.05) is 51.3 Å². The normalized spacial score (nSPS) is 18.2. The number of benzene rings is 1. The van der Waals surface area contributed by atoms with Crippen molar-refractivity contribution < 1.29 is 9.36 Å². The van der Waals surface area contributed by atoms with E-state index in [0.717, 1.165) is 58.3 Å². The Morgan fingerprint density at radius 2 is 1.82 bits per heavy atom. The monoisotopic (exact) mass is 602 g/mol. The van der Waals surface area contributed by atoms with Crippen LogP contribution in [0, 0.1) is 5.92 Å². The predicted octanol–water partition coefficient (Wildman–Crippen LogP) is 5.80. The third-order valence-corrected chi connectivity index (χ3v) is 8.49. The van der Waals surface area contributed by atoms with Crippen LogP contribution in [0.5, 0.6) is 0 Å². The molecule has 1 atom stereocenters. The first-order valence-corrected chi connectivity index (χ1v) is 13.7. The topological polar surface area (TPSA) is 37.1 Å². The molecule has 0 N–H and O–H groups in total. The van der Waals surface area contributed by atoms with Crippen molar-refractivity contribution in [1.29, 1.82) is 0 Å². The van der Waals surface area contributed by atoms with Gasteiger partial charge in [-0.3, -0.25) is 9.78 Å². The summed E-state index contributed by atoms with van der Waals surface area (Å²) in [6.07, 6.45) is 10.2. The van der Waals surface area contributed by atoms with E-state index in [1.165, 1.54) is 22.4 Å². The number of carbonyl (C=O) groups excluding carboxylic acids is 1. The van der Waals surface area contributed by atoms with Gasteiger partial charge < -0.3 is 4.90 Å². The van der Waals surface area contributed by atoms with E-state index in [4.69, 9.17) is 16.6 Å². The maximum absolute atomic E-state index is 13.0. The molecular formula is C27H27Br2ClN3O+. The van der Waals surface area contributed by atoms with Gasteiger partial charge in [0.25, 0.3) is 0 Å². The van der Waals surface area contributed by atoms with Crippen molar-refractivity contribution in [3.63, 3.8) is 0 Å². The zero-order valence-electron chi connectivity index (χ0n) is 19.1. The summed E-state index contributed by atoms with van der Waals surface area (Å²) in [5, 5.41) is 0.763. The molecule has 1 amide bonds. The van der Waals surface area contributed by atoms with Gasteiger partial charge in [0.1, 0.15) is 7.05 Å². The van der Waals surface area contributed by atoms with E-state index in [2.05, 4.69) is 44.0 Å². The van der Waals surface area contributed by atoms with E-state index in [0.29, 0.717) is 12.3 Å². The summed E-state index contributed by atoms with van der Waals surface area (Å²) in [7, 11) is 1.99. The van der Waals surface area contributed by atoms with E-state index < -0.39 is 0 Å². The van der Waals surface area contributed by atoms with Crippen LogP contribution in [-0.4, -0.2) is 28.9 Å². The molecule has 0 radical (unpaired) electrons. The summed E-state index contributed by atoms with van der Waals surface area (Å²) in [5.74, 6) is 0.823. The Balaban J connectivity index is 1.40. The maximum Gasteiger partial charge on any atom is 0.226 e. The van der Waals surface area contributed by atoms with Crippen molar-refractivity contribution in [2.45, 2.75) is 38.0 Å². The fourth-order valence-corrected chi connectivity index (χ4v) is 6.95. The van der Waals surface area contributed by atoms with Crippen LogP contribution in [-0.2, 0) is 31.1 Å². The third-order valence-electron chi connectivity index (χ3n) is 7.18. The highest BCUT2D eigenvalue weighted by atomic mass is 79.9. The second-order valence-corrected chi connectivity index (χ2v) is 11.6. The summed E-state index contributed by atoms with van der Waals surface area (Å²) >= 11 is 13.9. The summed E-state index contributed by atoms with van der Waals surface area (Å²) < 4.78 is 4.07. The number of nitrogens with zero attached hydrogens (tertiary/aromatic N) is 3. The lowest BCUT2D eigenvalue weighted by atomic mass is 9.76. The summed E-state index contributed by atoms with van der Waals surface area (Å²) in [5.41, 5.74) is 6.16. The molecule has 1 aromatic carbocycles. The van der Waals surface area contributed by atoms with Crippen LogP contribution < -0.4 is 4.57 Å². The number of carbonyl (C=O) groups is 1. The number of aromatic nitrogens is 2. The van der Waals surface area contributed by atoms with E-state index in [9.17, 15) is 4.79 Å². The highest BCUT2D eigenvalue weighted by molar-refractivity contribution is 9.10. The van der Waals surface area contributed by atoms with Gasteiger partial charge in [0.05, 0.1) is 12.1 Å². The Bertz CT molecular complexity index is 1220. The van der Waals surface area contributed by atoms with Gasteiger partial charge in [0.2, 0.25) is 5.91 Å². The lowest BCUT2D eigenvalue weighted by Crippen LogP contribution is -2.41. The second kappa shape index (κ2) is 10.1. The molecule has 4 nitrogen and oxygen atoms in total. The highest BCUT2D eigenvalue weighted by Gasteiger charge is 2.36. The minimum absolute atomic E-state index is 0.193. The van der Waals surface area contributed by atoms with Gasteiger partial charge in [-0.1, -0.05) is 27.5 Å². The van der Waals surface area contributed by atoms with Crippen LogP contribution in [0.2, 0.25) is 5.02 Å².